The molecule has 1 fully saturated rings. The molecule has 3 rings (SSSR count). The van der Waals surface area contributed by atoms with Crippen LogP contribution in [0, 0.1) is 0 Å². The van der Waals surface area contributed by atoms with E-state index in [0.29, 0.717) is 11.5 Å². The summed E-state index contributed by atoms with van der Waals surface area (Å²) in [5.41, 5.74) is 1.86. The molecule has 0 unspecified atom stereocenters. The van der Waals surface area contributed by atoms with Gasteiger partial charge in [-0.2, -0.15) is 0 Å². The van der Waals surface area contributed by atoms with Crippen LogP contribution in [0.4, 0.5) is 17.2 Å². The first-order valence-electron chi connectivity index (χ1n) is 8.88. The molecule has 7 nitrogen and oxygen atoms in total. The number of nitrogens with zero attached hydrogens (tertiary/aromatic N) is 2. The zero-order valence-corrected chi connectivity index (χ0v) is 14.8. The van der Waals surface area contributed by atoms with Crippen molar-refractivity contribution in [3.8, 4) is 0 Å². The summed E-state index contributed by atoms with van der Waals surface area (Å²) in [6.45, 7) is 1.47. The molecule has 1 aliphatic rings. The Kier molecular flexibility index (Phi) is 5.78. The molecule has 0 spiro atoms. The third kappa shape index (κ3) is 5.02. The average molecular weight is 353 g/mol. The first-order valence-corrected chi connectivity index (χ1v) is 8.88. The van der Waals surface area contributed by atoms with Crippen LogP contribution in [0.3, 0.4) is 0 Å². The fourth-order valence-electron chi connectivity index (χ4n) is 3.00. The van der Waals surface area contributed by atoms with Crippen LogP contribution in [0.15, 0.2) is 36.7 Å². The second-order valence-electron chi connectivity index (χ2n) is 6.48. The Morgan fingerprint density at radius 3 is 2.27 bits per heavy atom. The summed E-state index contributed by atoms with van der Waals surface area (Å²) in [4.78, 5) is 31.7. The van der Waals surface area contributed by atoms with Crippen molar-refractivity contribution in [3.05, 3.63) is 42.4 Å². The summed E-state index contributed by atoms with van der Waals surface area (Å²) in [5.74, 6) is 0.265. The summed E-state index contributed by atoms with van der Waals surface area (Å²) in [7, 11) is 0. The average Bonchev–Trinajstić information content (AvgIpc) is 2.64. The van der Waals surface area contributed by atoms with Gasteiger partial charge in [-0.1, -0.05) is 19.3 Å². The summed E-state index contributed by atoms with van der Waals surface area (Å²) >= 11 is 0. The van der Waals surface area contributed by atoms with Gasteiger partial charge >= 0.3 is 0 Å². The Bertz CT molecular complexity index is 753. The van der Waals surface area contributed by atoms with Gasteiger partial charge < -0.3 is 16.0 Å². The molecule has 26 heavy (non-hydrogen) atoms. The lowest BCUT2D eigenvalue weighted by Crippen LogP contribution is -2.36. The third-order valence-corrected chi connectivity index (χ3v) is 4.30. The topological polar surface area (TPSA) is 96.0 Å². The van der Waals surface area contributed by atoms with Gasteiger partial charge in [-0.3, -0.25) is 9.59 Å². The minimum atomic E-state index is -0.171. The molecule has 1 aromatic carbocycles. The maximum absolute atomic E-state index is 12.2. The number of anilines is 3. The fraction of sp³-hybridized carbons (Fsp3) is 0.368. The summed E-state index contributed by atoms with van der Waals surface area (Å²) < 4.78 is 0. The number of amides is 2. The minimum Gasteiger partial charge on any atom is -0.348 e. The van der Waals surface area contributed by atoms with Crippen molar-refractivity contribution in [1.29, 1.82) is 0 Å². The van der Waals surface area contributed by atoms with Gasteiger partial charge in [0.05, 0.1) is 12.4 Å². The maximum Gasteiger partial charge on any atom is 0.271 e. The summed E-state index contributed by atoms with van der Waals surface area (Å²) in [5, 5.41) is 8.85. The molecule has 136 valence electrons. The number of hydrogen-bond donors (Lipinski definition) is 3. The highest BCUT2D eigenvalue weighted by Crippen LogP contribution is 2.19. The van der Waals surface area contributed by atoms with E-state index in [0.717, 1.165) is 24.2 Å². The van der Waals surface area contributed by atoms with Crippen molar-refractivity contribution in [2.24, 2.45) is 0 Å². The Balaban J connectivity index is 1.56. The molecule has 0 saturated heterocycles. The van der Waals surface area contributed by atoms with Gasteiger partial charge in [-0.15, -0.1) is 0 Å². The zero-order valence-electron chi connectivity index (χ0n) is 14.8. The largest absolute Gasteiger partial charge is 0.348 e. The first kappa shape index (κ1) is 17.8. The van der Waals surface area contributed by atoms with Crippen LogP contribution >= 0.6 is 0 Å². The van der Waals surface area contributed by atoms with Gasteiger partial charge in [-0.25, -0.2) is 9.97 Å². The molecule has 0 atom stereocenters. The molecule has 0 radical (unpaired) electrons. The van der Waals surface area contributed by atoms with E-state index in [1.807, 2.05) is 12.1 Å². The molecule has 7 heteroatoms. The number of rotatable bonds is 5. The number of carbonyl (C=O) groups is 2. The van der Waals surface area contributed by atoms with Gasteiger partial charge in [0.15, 0.2) is 0 Å². The zero-order chi connectivity index (χ0) is 18.4. The highest BCUT2D eigenvalue weighted by atomic mass is 16.2. The number of nitrogens with one attached hydrogen (secondary N) is 3. The Morgan fingerprint density at radius 2 is 1.65 bits per heavy atom. The molecule has 0 aliphatic heterocycles. The quantitative estimate of drug-likeness (QED) is 0.767. The molecule has 1 aliphatic carbocycles. The smallest absolute Gasteiger partial charge is 0.271 e. The van der Waals surface area contributed by atoms with E-state index >= 15 is 0 Å². The van der Waals surface area contributed by atoms with Crippen LogP contribution in [0.2, 0.25) is 0 Å². The monoisotopic (exact) mass is 353 g/mol. The molecule has 1 aromatic heterocycles. The SMILES string of the molecule is CC(=O)Nc1ccc(Nc2cnc(C(=O)NC3CCCCC3)cn2)cc1. The van der Waals surface area contributed by atoms with Crippen molar-refractivity contribution >= 4 is 29.0 Å². The van der Waals surface area contributed by atoms with Crippen molar-refractivity contribution in [3.63, 3.8) is 0 Å². The van der Waals surface area contributed by atoms with Crippen LogP contribution in [0.5, 0.6) is 0 Å². The molecule has 3 N–H and O–H groups in total. The van der Waals surface area contributed by atoms with Crippen molar-refractivity contribution in [1.82, 2.24) is 15.3 Å². The normalized spacial score (nSPS) is 14.5. The van der Waals surface area contributed by atoms with E-state index in [1.165, 1.54) is 38.6 Å². The summed E-state index contributed by atoms with van der Waals surface area (Å²) in [6, 6.07) is 7.50. The maximum atomic E-state index is 12.2. The molecule has 2 aromatic rings. The number of aromatic nitrogens is 2. The lowest BCUT2D eigenvalue weighted by Gasteiger charge is -2.22. The van der Waals surface area contributed by atoms with E-state index in [1.54, 1.807) is 12.1 Å². The number of carbonyl (C=O) groups excluding carboxylic acids is 2. The predicted molar refractivity (Wildman–Crippen MR) is 100 cm³/mol. The summed E-state index contributed by atoms with van der Waals surface area (Å²) in [6.07, 6.45) is 8.67. The number of benzene rings is 1. The minimum absolute atomic E-state index is 0.112. The van der Waals surface area contributed by atoms with Gasteiger partial charge in [-0.05, 0) is 37.1 Å². The first-order chi connectivity index (χ1) is 12.6. The van der Waals surface area contributed by atoms with E-state index in [4.69, 9.17) is 0 Å². The van der Waals surface area contributed by atoms with E-state index in [2.05, 4.69) is 25.9 Å². The molecular weight excluding hydrogens is 330 g/mol. The molecule has 1 heterocycles. The van der Waals surface area contributed by atoms with Crippen LogP contribution in [0.1, 0.15) is 49.5 Å². The predicted octanol–water partition coefficient (Wildman–Crippen LogP) is 3.24. The fourth-order valence-corrected chi connectivity index (χ4v) is 3.00. The van der Waals surface area contributed by atoms with Crippen molar-refractivity contribution in [2.75, 3.05) is 10.6 Å². The Hall–Kier alpha value is -2.96. The van der Waals surface area contributed by atoms with Gasteiger partial charge in [0, 0.05) is 24.3 Å². The van der Waals surface area contributed by atoms with Crippen molar-refractivity contribution in [2.45, 2.75) is 45.1 Å². The van der Waals surface area contributed by atoms with E-state index in [9.17, 15) is 9.59 Å². The van der Waals surface area contributed by atoms with Crippen molar-refractivity contribution < 1.29 is 9.59 Å². The highest BCUT2D eigenvalue weighted by Gasteiger charge is 2.17. The Morgan fingerprint density at radius 1 is 0.962 bits per heavy atom. The lowest BCUT2D eigenvalue weighted by atomic mass is 9.95. The third-order valence-electron chi connectivity index (χ3n) is 4.30. The molecule has 0 bridgehead atoms. The van der Waals surface area contributed by atoms with Gasteiger partial charge in [0.1, 0.15) is 11.5 Å². The van der Waals surface area contributed by atoms with Crippen LogP contribution in [-0.2, 0) is 4.79 Å². The Labute approximate surface area is 152 Å². The standard InChI is InChI=1S/C19H23N5O2/c1-13(25)22-15-7-9-16(10-8-15)23-18-12-20-17(11-21-18)19(26)24-14-5-3-2-4-6-14/h7-12,14H,2-6H2,1H3,(H,21,23)(H,22,25)(H,24,26). The second-order valence-corrected chi connectivity index (χ2v) is 6.48. The lowest BCUT2D eigenvalue weighted by molar-refractivity contribution is -0.114. The van der Waals surface area contributed by atoms with E-state index in [-0.39, 0.29) is 17.9 Å². The number of hydrogen-bond acceptors (Lipinski definition) is 5. The highest BCUT2D eigenvalue weighted by molar-refractivity contribution is 5.92. The van der Waals surface area contributed by atoms with Crippen LogP contribution in [-0.4, -0.2) is 27.8 Å². The van der Waals surface area contributed by atoms with E-state index < -0.39 is 0 Å². The second kappa shape index (κ2) is 8.42. The van der Waals surface area contributed by atoms with Crippen LogP contribution < -0.4 is 16.0 Å². The molecule has 2 amide bonds. The van der Waals surface area contributed by atoms with Gasteiger partial charge in [0.25, 0.3) is 5.91 Å². The van der Waals surface area contributed by atoms with Crippen LogP contribution in [0.25, 0.3) is 0 Å². The molecular formula is C19H23N5O2. The molecule has 1 saturated carbocycles. The van der Waals surface area contributed by atoms with Gasteiger partial charge in [0.2, 0.25) is 5.91 Å².